The van der Waals surface area contributed by atoms with Gasteiger partial charge in [-0.25, -0.2) is 0 Å². The van der Waals surface area contributed by atoms with Crippen LogP contribution in [0.25, 0.3) is 76.6 Å². The molecule has 0 fully saturated rings. The molecule has 0 saturated heterocycles. The number of hydrogen-bond acceptors (Lipinski definition) is 1. The van der Waals surface area contributed by atoms with Crippen LogP contribution < -0.4 is 0 Å². The van der Waals surface area contributed by atoms with Gasteiger partial charge in [-0.05, 0) is 72.3 Å². The van der Waals surface area contributed by atoms with Crippen molar-refractivity contribution in [1.29, 1.82) is 0 Å². The summed E-state index contributed by atoms with van der Waals surface area (Å²) in [5.74, 6) is 0. The van der Waals surface area contributed by atoms with Gasteiger partial charge in [-0.15, -0.1) is 0 Å². The molecule has 0 aliphatic rings. The van der Waals surface area contributed by atoms with Crippen LogP contribution in [0.2, 0.25) is 0 Å². The summed E-state index contributed by atoms with van der Waals surface area (Å²) < 4.78 is 0. The molecule has 0 aliphatic heterocycles. The maximum absolute atomic E-state index is 5.02. The summed E-state index contributed by atoms with van der Waals surface area (Å²) in [5.41, 5.74) is 8.33. The number of aromatic nitrogens is 1. The van der Waals surface area contributed by atoms with E-state index in [0.717, 1.165) is 5.52 Å². The first kappa shape index (κ1) is 22.7. The molecule has 0 N–H and O–H groups in total. The van der Waals surface area contributed by atoms with Crippen molar-refractivity contribution in [2.45, 2.75) is 0 Å². The fraction of sp³-hybridized carbons (Fsp3) is 0. The highest BCUT2D eigenvalue weighted by atomic mass is 14.7. The van der Waals surface area contributed by atoms with E-state index in [1.165, 1.54) is 71.1 Å². The number of fused-ring (bicyclic) bond motifs is 4. The Morgan fingerprint density at radius 1 is 0.350 bits per heavy atom. The van der Waals surface area contributed by atoms with Crippen molar-refractivity contribution >= 4 is 43.2 Å². The number of nitrogens with zero attached hydrogens (tertiary/aromatic N) is 1. The van der Waals surface area contributed by atoms with Gasteiger partial charge in [0, 0.05) is 17.1 Å². The molecule has 0 radical (unpaired) electrons. The van der Waals surface area contributed by atoms with Crippen molar-refractivity contribution < 1.29 is 0 Å². The Balaban J connectivity index is 1.45. The molecule has 1 heteroatoms. The lowest BCUT2D eigenvalue weighted by Crippen LogP contribution is -1.93. The second kappa shape index (κ2) is 9.18. The highest BCUT2D eigenvalue weighted by Gasteiger charge is 2.19. The maximum Gasteiger partial charge on any atom is 0.0793 e. The quantitative estimate of drug-likeness (QED) is 0.217. The molecule has 0 saturated carbocycles. The van der Waals surface area contributed by atoms with Crippen LogP contribution in [-0.2, 0) is 0 Å². The zero-order valence-corrected chi connectivity index (χ0v) is 21.9. The largest absolute Gasteiger partial charge is 0.256 e. The first-order valence-electron chi connectivity index (χ1n) is 13.7. The fourth-order valence-corrected chi connectivity index (χ4v) is 6.34. The molecular formula is C39H25N. The molecule has 40 heavy (non-hydrogen) atoms. The van der Waals surface area contributed by atoms with Crippen molar-refractivity contribution in [3.63, 3.8) is 0 Å². The third kappa shape index (κ3) is 3.52. The third-order valence-corrected chi connectivity index (χ3v) is 8.09. The summed E-state index contributed by atoms with van der Waals surface area (Å²) in [5, 5.41) is 8.62. The van der Waals surface area contributed by atoms with Gasteiger partial charge in [0.05, 0.1) is 5.52 Å². The van der Waals surface area contributed by atoms with E-state index < -0.39 is 0 Å². The van der Waals surface area contributed by atoms with Crippen LogP contribution in [0.15, 0.2) is 152 Å². The Morgan fingerprint density at radius 2 is 0.875 bits per heavy atom. The van der Waals surface area contributed by atoms with Crippen molar-refractivity contribution in [3.05, 3.63) is 152 Å². The Bertz CT molecular complexity index is 2160. The molecule has 8 aromatic rings. The highest BCUT2D eigenvalue weighted by Crippen LogP contribution is 2.45. The van der Waals surface area contributed by atoms with Crippen LogP contribution in [0.1, 0.15) is 0 Å². The zero-order valence-electron chi connectivity index (χ0n) is 21.9. The van der Waals surface area contributed by atoms with Crippen LogP contribution in [0, 0.1) is 0 Å². The predicted octanol–water partition coefficient (Wildman–Crippen LogP) is 10.7. The first-order valence-corrected chi connectivity index (χ1v) is 13.7. The van der Waals surface area contributed by atoms with Crippen LogP contribution in [-0.4, -0.2) is 4.98 Å². The van der Waals surface area contributed by atoms with Gasteiger partial charge in [-0.2, -0.15) is 0 Å². The average molecular weight is 508 g/mol. The van der Waals surface area contributed by atoms with Crippen molar-refractivity contribution in [1.82, 2.24) is 4.98 Å². The summed E-state index contributed by atoms with van der Waals surface area (Å²) in [7, 11) is 0. The van der Waals surface area contributed by atoms with Crippen LogP contribution in [0.5, 0.6) is 0 Å². The van der Waals surface area contributed by atoms with E-state index in [1.54, 1.807) is 0 Å². The molecule has 0 spiro atoms. The van der Waals surface area contributed by atoms with Crippen molar-refractivity contribution in [2.75, 3.05) is 0 Å². The summed E-state index contributed by atoms with van der Waals surface area (Å²) in [6, 6.07) is 52.4. The predicted molar refractivity (Wildman–Crippen MR) is 171 cm³/mol. The summed E-state index contributed by atoms with van der Waals surface area (Å²) in [6.07, 6.45) is 1.92. The van der Waals surface area contributed by atoms with Crippen molar-refractivity contribution in [3.8, 4) is 33.4 Å². The summed E-state index contributed by atoms with van der Waals surface area (Å²) in [6.45, 7) is 0. The smallest absolute Gasteiger partial charge is 0.0793 e. The molecular weight excluding hydrogens is 482 g/mol. The lowest BCUT2D eigenvalue weighted by Gasteiger charge is -2.18. The minimum absolute atomic E-state index is 1.03. The number of benzene rings is 7. The molecule has 0 aliphatic carbocycles. The maximum atomic E-state index is 5.02. The van der Waals surface area contributed by atoms with E-state index >= 15 is 0 Å². The van der Waals surface area contributed by atoms with E-state index in [2.05, 4.69) is 146 Å². The Hall–Kier alpha value is -5.27. The molecule has 0 bridgehead atoms. The number of pyridine rings is 1. The van der Waals surface area contributed by atoms with Gasteiger partial charge >= 0.3 is 0 Å². The molecule has 8 rings (SSSR count). The van der Waals surface area contributed by atoms with E-state index in [1.807, 2.05) is 6.20 Å². The minimum Gasteiger partial charge on any atom is -0.256 e. The lowest BCUT2D eigenvalue weighted by molar-refractivity contribution is 1.42. The van der Waals surface area contributed by atoms with Gasteiger partial charge < -0.3 is 0 Å². The van der Waals surface area contributed by atoms with Crippen LogP contribution in [0.3, 0.4) is 0 Å². The van der Waals surface area contributed by atoms with Crippen LogP contribution >= 0.6 is 0 Å². The van der Waals surface area contributed by atoms with E-state index in [-0.39, 0.29) is 0 Å². The normalized spacial score (nSPS) is 11.5. The SMILES string of the molecule is c1cc(-c2cccc3ccccc23)cc(-c2c3ccccc3c(-c3cccc4ccccc34)c3ncccc23)c1. The Morgan fingerprint density at radius 3 is 1.62 bits per heavy atom. The average Bonchev–Trinajstić information content (AvgIpc) is 3.03. The monoisotopic (exact) mass is 507 g/mol. The van der Waals surface area contributed by atoms with Gasteiger partial charge in [0.2, 0.25) is 0 Å². The van der Waals surface area contributed by atoms with Crippen molar-refractivity contribution in [2.24, 2.45) is 0 Å². The lowest BCUT2D eigenvalue weighted by atomic mass is 9.86. The van der Waals surface area contributed by atoms with Gasteiger partial charge in [-0.1, -0.05) is 133 Å². The second-order valence-electron chi connectivity index (χ2n) is 10.3. The molecule has 0 atom stereocenters. The summed E-state index contributed by atoms with van der Waals surface area (Å²) in [4.78, 5) is 5.02. The van der Waals surface area contributed by atoms with E-state index in [4.69, 9.17) is 4.98 Å². The molecule has 186 valence electrons. The molecule has 1 aromatic heterocycles. The molecule has 1 nitrogen and oxygen atoms in total. The molecule has 0 amide bonds. The first-order chi connectivity index (χ1) is 19.9. The topological polar surface area (TPSA) is 12.9 Å². The third-order valence-electron chi connectivity index (χ3n) is 8.09. The van der Waals surface area contributed by atoms with Crippen LogP contribution in [0.4, 0.5) is 0 Å². The van der Waals surface area contributed by atoms with E-state index in [9.17, 15) is 0 Å². The van der Waals surface area contributed by atoms with E-state index in [0.29, 0.717) is 0 Å². The van der Waals surface area contributed by atoms with Gasteiger partial charge in [0.15, 0.2) is 0 Å². The highest BCUT2D eigenvalue weighted by molar-refractivity contribution is 6.22. The number of hydrogen-bond donors (Lipinski definition) is 0. The minimum atomic E-state index is 1.03. The molecule has 1 heterocycles. The fourth-order valence-electron chi connectivity index (χ4n) is 6.34. The second-order valence-corrected chi connectivity index (χ2v) is 10.3. The summed E-state index contributed by atoms with van der Waals surface area (Å²) >= 11 is 0. The van der Waals surface area contributed by atoms with Gasteiger partial charge in [-0.3, -0.25) is 4.98 Å². The standard InChI is InChI=1S/C39H25N/c1-3-17-30-26(11-1)13-8-21-32(30)28-15-7-16-29(25-28)37-34-19-5-6-20-35(34)38(39-36(37)23-10-24-40-39)33-22-9-14-27-12-2-4-18-31(27)33/h1-25H. The van der Waals surface area contributed by atoms with Gasteiger partial charge in [0.1, 0.15) is 0 Å². The molecule has 7 aromatic carbocycles. The number of rotatable bonds is 3. The zero-order chi connectivity index (χ0) is 26.5. The Kier molecular flexibility index (Phi) is 5.21. The Labute approximate surface area is 233 Å². The molecule has 0 unspecified atom stereocenters. The van der Waals surface area contributed by atoms with Gasteiger partial charge in [0.25, 0.3) is 0 Å².